The molecule has 2 aromatic carbocycles. The Morgan fingerprint density at radius 3 is 2.52 bits per heavy atom. The molecule has 21 heavy (non-hydrogen) atoms. The Labute approximate surface area is 128 Å². The summed E-state index contributed by atoms with van der Waals surface area (Å²) in [6.45, 7) is 2.15. The van der Waals surface area contributed by atoms with Gasteiger partial charge in [-0.1, -0.05) is 23.7 Å². The molecule has 1 atom stereocenters. The average molecular weight is 310 g/mol. The standard InChI is InChI=1S/C16H17ClFNO2/c1-10-3-5-15(12(17)7-10)21-9-14(19)11-4-6-16(20-2)13(18)8-11/h3-8,14H,9,19H2,1-2H3. The molecule has 2 N–H and O–H groups in total. The van der Waals surface area contributed by atoms with Gasteiger partial charge in [0.25, 0.3) is 0 Å². The normalized spacial score (nSPS) is 12.0. The molecule has 0 aliphatic heterocycles. The second-order valence-corrected chi connectivity index (χ2v) is 5.15. The van der Waals surface area contributed by atoms with E-state index >= 15 is 0 Å². The quantitative estimate of drug-likeness (QED) is 0.911. The molecule has 5 heteroatoms. The molecule has 0 heterocycles. The molecule has 0 radical (unpaired) electrons. The molecule has 0 aromatic heterocycles. The highest BCUT2D eigenvalue weighted by Crippen LogP contribution is 2.27. The lowest BCUT2D eigenvalue weighted by Crippen LogP contribution is -2.19. The van der Waals surface area contributed by atoms with E-state index in [2.05, 4.69) is 0 Å². The predicted octanol–water partition coefficient (Wildman–Crippen LogP) is 3.87. The Bertz CT molecular complexity index is 634. The lowest BCUT2D eigenvalue weighted by Gasteiger charge is -2.15. The van der Waals surface area contributed by atoms with Gasteiger partial charge in [-0.3, -0.25) is 0 Å². The maximum Gasteiger partial charge on any atom is 0.165 e. The maximum absolute atomic E-state index is 13.6. The molecule has 0 saturated heterocycles. The lowest BCUT2D eigenvalue weighted by molar-refractivity contribution is 0.290. The highest BCUT2D eigenvalue weighted by Gasteiger charge is 2.12. The van der Waals surface area contributed by atoms with Crippen LogP contribution in [0.1, 0.15) is 17.2 Å². The second kappa shape index (κ2) is 6.78. The summed E-state index contributed by atoms with van der Waals surface area (Å²) in [5.41, 5.74) is 7.69. The molecule has 1 unspecified atom stereocenters. The van der Waals surface area contributed by atoms with E-state index in [9.17, 15) is 4.39 Å². The molecule has 0 saturated carbocycles. The maximum atomic E-state index is 13.6. The summed E-state index contributed by atoms with van der Waals surface area (Å²) in [5, 5.41) is 0.531. The fourth-order valence-electron chi connectivity index (χ4n) is 1.91. The Hall–Kier alpha value is -1.78. The third-order valence-corrected chi connectivity index (χ3v) is 3.41. The highest BCUT2D eigenvalue weighted by atomic mass is 35.5. The smallest absolute Gasteiger partial charge is 0.165 e. The van der Waals surface area contributed by atoms with E-state index in [0.29, 0.717) is 16.3 Å². The van der Waals surface area contributed by atoms with Crippen LogP contribution in [-0.2, 0) is 0 Å². The van der Waals surface area contributed by atoms with E-state index in [1.807, 2.05) is 19.1 Å². The van der Waals surface area contributed by atoms with E-state index in [1.54, 1.807) is 18.2 Å². The van der Waals surface area contributed by atoms with Gasteiger partial charge in [0.05, 0.1) is 18.2 Å². The molecule has 0 bridgehead atoms. The average Bonchev–Trinajstić information content (AvgIpc) is 2.46. The van der Waals surface area contributed by atoms with Gasteiger partial charge in [0, 0.05) is 0 Å². The number of hydrogen-bond donors (Lipinski definition) is 1. The molecule has 0 amide bonds. The summed E-state index contributed by atoms with van der Waals surface area (Å²) in [6, 6.07) is 9.66. The minimum atomic E-state index is -0.456. The minimum absolute atomic E-state index is 0.188. The van der Waals surface area contributed by atoms with Gasteiger partial charge in [0.2, 0.25) is 0 Å². The molecule has 0 aliphatic rings. The number of methoxy groups -OCH3 is 1. The first-order chi connectivity index (χ1) is 10.0. The van der Waals surface area contributed by atoms with Crippen molar-refractivity contribution >= 4 is 11.6 Å². The SMILES string of the molecule is COc1ccc(C(N)COc2ccc(C)cc2Cl)cc1F. The first-order valence-corrected chi connectivity index (χ1v) is 6.87. The Morgan fingerprint density at radius 1 is 1.19 bits per heavy atom. The minimum Gasteiger partial charge on any atom is -0.494 e. The van der Waals surface area contributed by atoms with Crippen molar-refractivity contribution in [2.45, 2.75) is 13.0 Å². The zero-order valence-corrected chi connectivity index (χ0v) is 12.7. The van der Waals surface area contributed by atoms with Crippen LogP contribution in [0.25, 0.3) is 0 Å². The van der Waals surface area contributed by atoms with E-state index < -0.39 is 11.9 Å². The first kappa shape index (κ1) is 15.6. The fourth-order valence-corrected chi connectivity index (χ4v) is 2.20. The molecule has 0 spiro atoms. The van der Waals surface area contributed by atoms with Crippen molar-refractivity contribution in [2.24, 2.45) is 5.73 Å². The van der Waals surface area contributed by atoms with Crippen LogP contribution in [-0.4, -0.2) is 13.7 Å². The van der Waals surface area contributed by atoms with Crippen molar-refractivity contribution in [3.05, 3.63) is 58.4 Å². The number of nitrogens with two attached hydrogens (primary N) is 1. The van der Waals surface area contributed by atoms with Gasteiger partial charge in [-0.05, 0) is 42.3 Å². The van der Waals surface area contributed by atoms with Crippen molar-refractivity contribution in [3.8, 4) is 11.5 Å². The zero-order chi connectivity index (χ0) is 15.4. The highest BCUT2D eigenvalue weighted by molar-refractivity contribution is 6.32. The van der Waals surface area contributed by atoms with Crippen molar-refractivity contribution in [1.29, 1.82) is 0 Å². The van der Waals surface area contributed by atoms with Crippen molar-refractivity contribution < 1.29 is 13.9 Å². The van der Waals surface area contributed by atoms with E-state index in [4.69, 9.17) is 26.8 Å². The molecule has 0 aliphatic carbocycles. The van der Waals surface area contributed by atoms with Gasteiger partial charge in [0.15, 0.2) is 11.6 Å². The Morgan fingerprint density at radius 2 is 1.90 bits per heavy atom. The number of hydrogen-bond acceptors (Lipinski definition) is 3. The van der Waals surface area contributed by atoms with Crippen LogP contribution in [0, 0.1) is 12.7 Å². The van der Waals surface area contributed by atoms with Gasteiger partial charge in [-0.15, -0.1) is 0 Å². The fraction of sp³-hybridized carbons (Fsp3) is 0.250. The first-order valence-electron chi connectivity index (χ1n) is 6.49. The van der Waals surface area contributed by atoms with Gasteiger partial charge in [0.1, 0.15) is 12.4 Å². The van der Waals surface area contributed by atoms with Gasteiger partial charge in [-0.2, -0.15) is 0 Å². The van der Waals surface area contributed by atoms with Gasteiger partial charge in [-0.25, -0.2) is 4.39 Å². The number of ether oxygens (including phenoxy) is 2. The van der Waals surface area contributed by atoms with Crippen LogP contribution >= 0.6 is 11.6 Å². The predicted molar refractivity (Wildman–Crippen MR) is 81.6 cm³/mol. The molecule has 3 nitrogen and oxygen atoms in total. The molecule has 2 rings (SSSR count). The summed E-state index contributed by atoms with van der Waals surface area (Å²) in [5.74, 6) is 0.305. The van der Waals surface area contributed by atoms with E-state index in [0.717, 1.165) is 5.56 Å². The van der Waals surface area contributed by atoms with Gasteiger partial charge < -0.3 is 15.2 Å². The van der Waals surface area contributed by atoms with Crippen LogP contribution < -0.4 is 15.2 Å². The molecule has 112 valence electrons. The Balaban J connectivity index is 2.04. The molecule has 2 aromatic rings. The third-order valence-electron chi connectivity index (χ3n) is 3.11. The van der Waals surface area contributed by atoms with Crippen molar-refractivity contribution in [3.63, 3.8) is 0 Å². The number of benzene rings is 2. The second-order valence-electron chi connectivity index (χ2n) is 4.75. The lowest BCUT2D eigenvalue weighted by atomic mass is 10.1. The van der Waals surface area contributed by atoms with Crippen molar-refractivity contribution in [2.75, 3.05) is 13.7 Å². The van der Waals surface area contributed by atoms with Crippen LogP contribution in [0.2, 0.25) is 5.02 Å². The summed E-state index contributed by atoms with van der Waals surface area (Å²) >= 11 is 6.08. The third kappa shape index (κ3) is 3.86. The monoisotopic (exact) mass is 309 g/mol. The molecular weight excluding hydrogens is 293 g/mol. The number of halogens is 2. The van der Waals surface area contributed by atoms with E-state index in [1.165, 1.54) is 13.2 Å². The number of aryl methyl sites for hydroxylation is 1. The molecular formula is C16H17ClFNO2. The molecule has 0 fully saturated rings. The summed E-state index contributed by atoms with van der Waals surface area (Å²) in [6.07, 6.45) is 0. The topological polar surface area (TPSA) is 44.5 Å². The van der Waals surface area contributed by atoms with Crippen LogP contribution in [0.15, 0.2) is 36.4 Å². The number of rotatable bonds is 5. The zero-order valence-electron chi connectivity index (χ0n) is 11.9. The van der Waals surface area contributed by atoms with Crippen LogP contribution in [0.3, 0.4) is 0 Å². The Kier molecular flexibility index (Phi) is 5.04. The van der Waals surface area contributed by atoms with Crippen molar-refractivity contribution in [1.82, 2.24) is 0 Å². The summed E-state index contributed by atoms with van der Waals surface area (Å²) in [7, 11) is 1.42. The largest absolute Gasteiger partial charge is 0.494 e. The van der Waals surface area contributed by atoms with Crippen LogP contribution in [0.4, 0.5) is 4.39 Å². The van der Waals surface area contributed by atoms with Gasteiger partial charge >= 0.3 is 0 Å². The summed E-state index contributed by atoms with van der Waals surface area (Å²) < 4.78 is 24.1. The van der Waals surface area contributed by atoms with Crippen LogP contribution in [0.5, 0.6) is 11.5 Å². The van der Waals surface area contributed by atoms with E-state index in [-0.39, 0.29) is 12.4 Å². The summed E-state index contributed by atoms with van der Waals surface area (Å²) in [4.78, 5) is 0.